The fraction of sp³-hybridized carbons (Fsp3) is 0.818. The number of piperidine rings is 1. The summed E-state index contributed by atoms with van der Waals surface area (Å²) in [6.07, 6.45) is 3.53. The quantitative estimate of drug-likeness (QED) is 0.670. The van der Waals surface area contributed by atoms with Crippen molar-refractivity contribution in [2.24, 2.45) is 5.92 Å². The SMILES string of the molecule is C=C(C)CCN1CCCC(CO)C1. The number of hydrogen-bond donors (Lipinski definition) is 1. The van der Waals surface area contributed by atoms with Gasteiger partial charge in [0.15, 0.2) is 0 Å². The van der Waals surface area contributed by atoms with Gasteiger partial charge in [-0.1, -0.05) is 5.57 Å². The largest absolute Gasteiger partial charge is 0.396 e. The normalized spacial score (nSPS) is 24.6. The highest BCUT2D eigenvalue weighted by atomic mass is 16.3. The number of aliphatic hydroxyl groups is 1. The third-order valence-corrected chi connectivity index (χ3v) is 2.72. The van der Waals surface area contributed by atoms with Crippen LogP contribution >= 0.6 is 0 Å². The minimum atomic E-state index is 0.351. The first-order valence-corrected chi connectivity index (χ1v) is 5.20. The molecule has 13 heavy (non-hydrogen) atoms. The molecule has 1 fully saturated rings. The molecular weight excluding hydrogens is 162 g/mol. The molecule has 0 saturated carbocycles. The minimum Gasteiger partial charge on any atom is -0.396 e. The molecule has 1 aliphatic rings. The minimum absolute atomic E-state index is 0.351. The first kappa shape index (κ1) is 10.7. The summed E-state index contributed by atoms with van der Waals surface area (Å²) in [6.45, 7) is 9.72. The van der Waals surface area contributed by atoms with Crippen molar-refractivity contribution >= 4 is 0 Å². The van der Waals surface area contributed by atoms with E-state index >= 15 is 0 Å². The second-order valence-electron chi connectivity index (χ2n) is 4.20. The number of nitrogens with zero attached hydrogens (tertiary/aromatic N) is 1. The Morgan fingerprint density at radius 1 is 1.62 bits per heavy atom. The third-order valence-electron chi connectivity index (χ3n) is 2.72. The highest BCUT2D eigenvalue weighted by Crippen LogP contribution is 2.16. The van der Waals surface area contributed by atoms with Crippen LogP contribution < -0.4 is 0 Å². The van der Waals surface area contributed by atoms with Crippen LogP contribution in [0.25, 0.3) is 0 Å². The van der Waals surface area contributed by atoms with Gasteiger partial charge in [0.05, 0.1) is 0 Å². The maximum atomic E-state index is 9.04. The third kappa shape index (κ3) is 3.92. The van der Waals surface area contributed by atoms with Crippen molar-refractivity contribution in [1.82, 2.24) is 4.90 Å². The van der Waals surface area contributed by atoms with E-state index in [0.717, 1.165) is 19.5 Å². The van der Waals surface area contributed by atoms with Crippen LogP contribution in [0.5, 0.6) is 0 Å². The van der Waals surface area contributed by atoms with E-state index in [2.05, 4.69) is 18.4 Å². The maximum absolute atomic E-state index is 9.04. The molecule has 1 rings (SSSR count). The molecule has 1 aliphatic heterocycles. The van der Waals surface area contributed by atoms with Crippen LogP contribution in [0.4, 0.5) is 0 Å². The number of rotatable bonds is 4. The lowest BCUT2D eigenvalue weighted by atomic mass is 9.99. The van der Waals surface area contributed by atoms with Crippen molar-refractivity contribution in [2.75, 3.05) is 26.2 Å². The fourth-order valence-corrected chi connectivity index (χ4v) is 1.85. The Bertz CT molecular complexity index is 167. The molecule has 1 heterocycles. The topological polar surface area (TPSA) is 23.5 Å². The second-order valence-corrected chi connectivity index (χ2v) is 4.20. The lowest BCUT2D eigenvalue weighted by molar-refractivity contribution is 0.121. The predicted molar refractivity (Wildman–Crippen MR) is 55.7 cm³/mol. The molecule has 0 radical (unpaired) electrons. The summed E-state index contributed by atoms with van der Waals surface area (Å²) >= 11 is 0. The molecule has 76 valence electrons. The summed E-state index contributed by atoms with van der Waals surface area (Å²) in [5.41, 5.74) is 1.26. The standard InChI is InChI=1S/C11H21NO/c1-10(2)5-7-12-6-3-4-11(8-12)9-13/h11,13H,1,3-9H2,2H3. The van der Waals surface area contributed by atoms with Crippen LogP contribution in [-0.2, 0) is 0 Å². The molecule has 1 unspecified atom stereocenters. The molecule has 0 spiro atoms. The number of hydrogen-bond acceptors (Lipinski definition) is 2. The first-order valence-electron chi connectivity index (χ1n) is 5.20. The predicted octanol–water partition coefficient (Wildman–Crippen LogP) is 1.66. The van der Waals surface area contributed by atoms with Crippen molar-refractivity contribution in [2.45, 2.75) is 26.2 Å². The summed E-state index contributed by atoms with van der Waals surface area (Å²) in [4.78, 5) is 2.44. The highest BCUT2D eigenvalue weighted by molar-refractivity contribution is 4.89. The van der Waals surface area contributed by atoms with E-state index in [1.54, 1.807) is 0 Å². The summed E-state index contributed by atoms with van der Waals surface area (Å²) in [5, 5.41) is 9.04. The van der Waals surface area contributed by atoms with E-state index in [1.807, 2.05) is 0 Å². The Morgan fingerprint density at radius 3 is 3.00 bits per heavy atom. The molecule has 0 aromatic heterocycles. The number of likely N-dealkylation sites (tertiary alicyclic amines) is 1. The number of aliphatic hydroxyl groups excluding tert-OH is 1. The Hall–Kier alpha value is -0.340. The van der Waals surface area contributed by atoms with Gasteiger partial charge in [-0.05, 0) is 38.6 Å². The van der Waals surface area contributed by atoms with E-state index < -0.39 is 0 Å². The Balaban J connectivity index is 2.21. The average molecular weight is 183 g/mol. The highest BCUT2D eigenvalue weighted by Gasteiger charge is 2.18. The van der Waals surface area contributed by atoms with Gasteiger partial charge in [0.1, 0.15) is 0 Å². The van der Waals surface area contributed by atoms with E-state index in [0.29, 0.717) is 12.5 Å². The molecule has 2 heteroatoms. The fourth-order valence-electron chi connectivity index (χ4n) is 1.85. The molecule has 2 nitrogen and oxygen atoms in total. The Labute approximate surface area is 81.2 Å². The monoisotopic (exact) mass is 183 g/mol. The van der Waals surface area contributed by atoms with Crippen molar-refractivity contribution in [1.29, 1.82) is 0 Å². The zero-order chi connectivity index (χ0) is 9.68. The molecule has 1 atom stereocenters. The van der Waals surface area contributed by atoms with Crippen LogP contribution in [0.1, 0.15) is 26.2 Å². The van der Waals surface area contributed by atoms with Gasteiger partial charge in [-0.25, -0.2) is 0 Å². The molecule has 0 amide bonds. The van der Waals surface area contributed by atoms with Crippen LogP contribution in [0.2, 0.25) is 0 Å². The summed E-state index contributed by atoms with van der Waals surface area (Å²) in [6, 6.07) is 0. The summed E-state index contributed by atoms with van der Waals surface area (Å²) < 4.78 is 0. The van der Waals surface area contributed by atoms with Gasteiger partial charge < -0.3 is 10.0 Å². The lowest BCUT2D eigenvalue weighted by Gasteiger charge is -2.31. The van der Waals surface area contributed by atoms with Gasteiger partial charge in [-0.15, -0.1) is 6.58 Å². The summed E-state index contributed by atoms with van der Waals surface area (Å²) in [5.74, 6) is 0.513. The van der Waals surface area contributed by atoms with Crippen LogP contribution in [0.15, 0.2) is 12.2 Å². The van der Waals surface area contributed by atoms with Crippen molar-refractivity contribution < 1.29 is 5.11 Å². The maximum Gasteiger partial charge on any atom is 0.0471 e. The van der Waals surface area contributed by atoms with Crippen molar-refractivity contribution in [3.05, 3.63) is 12.2 Å². The molecule has 0 aliphatic carbocycles. The van der Waals surface area contributed by atoms with E-state index in [-0.39, 0.29) is 0 Å². The average Bonchev–Trinajstić information content (AvgIpc) is 2.15. The van der Waals surface area contributed by atoms with Gasteiger partial charge >= 0.3 is 0 Å². The van der Waals surface area contributed by atoms with Gasteiger partial charge in [0.2, 0.25) is 0 Å². The molecule has 0 aromatic carbocycles. The van der Waals surface area contributed by atoms with E-state index in [1.165, 1.54) is 25.0 Å². The molecule has 0 bridgehead atoms. The molecule has 1 N–H and O–H groups in total. The van der Waals surface area contributed by atoms with Crippen LogP contribution in [0, 0.1) is 5.92 Å². The van der Waals surface area contributed by atoms with E-state index in [9.17, 15) is 0 Å². The second kappa shape index (κ2) is 5.40. The van der Waals surface area contributed by atoms with Crippen LogP contribution in [-0.4, -0.2) is 36.2 Å². The van der Waals surface area contributed by atoms with Gasteiger partial charge in [0, 0.05) is 19.7 Å². The molecule has 1 saturated heterocycles. The molecule has 0 aromatic rings. The van der Waals surface area contributed by atoms with Crippen molar-refractivity contribution in [3.8, 4) is 0 Å². The van der Waals surface area contributed by atoms with Crippen molar-refractivity contribution in [3.63, 3.8) is 0 Å². The van der Waals surface area contributed by atoms with Crippen LogP contribution in [0.3, 0.4) is 0 Å². The zero-order valence-electron chi connectivity index (χ0n) is 8.63. The zero-order valence-corrected chi connectivity index (χ0v) is 8.63. The van der Waals surface area contributed by atoms with Gasteiger partial charge in [-0.3, -0.25) is 0 Å². The smallest absolute Gasteiger partial charge is 0.0471 e. The van der Waals surface area contributed by atoms with Gasteiger partial charge in [-0.2, -0.15) is 0 Å². The first-order chi connectivity index (χ1) is 6.22. The Kier molecular flexibility index (Phi) is 4.46. The molecular formula is C11H21NO. The summed E-state index contributed by atoms with van der Waals surface area (Å²) in [7, 11) is 0. The van der Waals surface area contributed by atoms with Gasteiger partial charge in [0.25, 0.3) is 0 Å². The Morgan fingerprint density at radius 2 is 2.38 bits per heavy atom. The van der Waals surface area contributed by atoms with E-state index in [4.69, 9.17) is 5.11 Å². The lowest BCUT2D eigenvalue weighted by Crippen LogP contribution is -2.37.